The minimum absolute atomic E-state index is 0.101. The number of hydrogen-bond donors (Lipinski definition) is 2. The lowest BCUT2D eigenvalue weighted by atomic mass is 9.34. The Labute approximate surface area is 211 Å². The summed E-state index contributed by atoms with van der Waals surface area (Å²) in [5, 5.41) is 20.1. The SMILES string of the molecule is CC(C)C1=C2[C@H]3CC[C@@H]4[C@@]5(C)CC[C@H](O)[C@H](C)[C@@H]5CC[C@@]4(C)[C@]3(C)CC[C@@]2(/C=C/C(=O)O)CC1=O. The topological polar surface area (TPSA) is 74.6 Å². The summed E-state index contributed by atoms with van der Waals surface area (Å²) in [7, 11) is 0. The number of aliphatic carboxylic acids is 1. The lowest BCUT2D eigenvalue weighted by Crippen LogP contribution is -2.64. The number of ketones is 1. The lowest BCUT2D eigenvalue weighted by Gasteiger charge is -2.71. The number of rotatable bonds is 3. The van der Waals surface area contributed by atoms with E-state index in [1.165, 1.54) is 30.9 Å². The molecule has 4 nitrogen and oxygen atoms in total. The van der Waals surface area contributed by atoms with Gasteiger partial charge in [0.15, 0.2) is 5.78 Å². The quantitative estimate of drug-likeness (QED) is 0.446. The second kappa shape index (κ2) is 8.04. The molecule has 9 atom stereocenters. The molecule has 0 radical (unpaired) electrons. The van der Waals surface area contributed by atoms with Gasteiger partial charge in [0.2, 0.25) is 0 Å². The molecule has 0 saturated heterocycles. The number of aliphatic hydroxyl groups is 1. The first-order chi connectivity index (χ1) is 16.3. The summed E-state index contributed by atoms with van der Waals surface area (Å²) in [5.74, 6) is 1.41. The standard InChI is InChI=1S/C31H46O4/c1-18(2)26-23(33)17-31(14-11-25(34)35)16-15-29(5)21(27(26)31)7-8-24-28(4)12-10-22(32)19(3)20(28)9-13-30(24,29)6/h11,14,18-22,24,32H,7-10,12-13,15-17H2,1-6H3,(H,34,35)/b14-11+/t19-,20+,21-,22+,24-,28+,29-,30-,31+/m1/s1. The number of carbonyl (C=O) groups excluding carboxylic acids is 1. The van der Waals surface area contributed by atoms with Crippen molar-refractivity contribution in [3.63, 3.8) is 0 Å². The maximum Gasteiger partial charge on any atom is 0.328 e. The molecule has 5 rings (SSSR count). The Morgan fingerprint density at radius 1 is 1.00 bits per heavy atom. The van der Waals surface area contributed by atoms with Crippen molar-refractivity contribution in [2.24, 2.45) is 51.2 Å². The fourth-order valence-electron chi connectivity index (χ4n) is 10.7. The molecule has 0 bridgehead atoms. The van der Waals surface area contributed by atoms with Crippen LogP contribution in [0.4, 0.5) is 0 Å². The molecule has 5 aliphatic rings. The Balaban J connectivity index is 1.60. The van der Waals surface area contributed by atoms with Crippen LogP contribution in [-0.4, -0.2) is 28.1 Å². The molecule has 0 aromatic carbocycles. The number of aliphatic hydroxyl groups excluding tert-OH is 1. The summed E-state index contributed by atoms with van der Waals surface area (Å²) in [5.41, 5.74) is 2.46. The van der Waals surface area contributed by atoms with Crippen molar-refractivity contribution in [2.75, 3.05) is 0 Å². The van der Waals surface area contributed by atoms with Gasteiger partial charge >= 0.3 is 5.97 Å². The van der Waals surface area contributed by atoms with Crippen LogP contribution >= 0.6 is 0 Å². The second-order valence-corrected chi connectivity index (χ2v) is 14.0. The highest BCUT2D eigenvalue weighted by Gasteiger charge is 2.68. The summed E-state index contributed by atoms with van der Waals surface area (Å²) in [6, 6.07) is 0. The Kier molecular flexibility index (Phi) is 5.80. The van der Waals surface area contributed by atoms with E-state index in [1.807, 2.05) is 6.08 Å². The van der Waals surface area contributed by atoms with Crippen molar-refractivity contribution >= 4 is 11.8 Å². The van der Waals surface area contributed by atoms with Gasteiger partial charge in [-0.05, 0) is 108 Å². The fraction of sp³-hybridized carbons (Fsp3) is 0.806. The van der Waals surface area contributed by atoms with Gasteiger partial charge in [-0.25, -0.2) is 4.79 Å². The van der Waals surface area contributed by atoms with Gasteiger partial charge in [-0.2, -0.15) is 0 Å². The molecule has 194 valence electrons. The van der Waals surface area contributed by atoms with Crippen molar-refractivity contribution in [1.82, 2.24) is 0 Å². The van der Waals surface area contributed by atoms with E-state index in [0.29, 0.717) is 30.1 Å². The van der Waals surface area contributed by atoms with Crippen molar-refractivity contribution in [1.29, 1.82) is 0 Å². The Bertz CT molecular complexity index is 992. The minimum atomic E-state index is -0.923. The van der Waals surface area contributed by atoms with Gasteiger partial charge in [-0.3, -0.25) is 4.79 Å². The average molecular weight is 483 g/mol. The van der Waals surface area contributed by atoms with Crippen LogP contribution in [-0.2, 0) is 9.59 Å². The average Bonchev–Trinajstić information content (AvgIpc) is 3.08. The van der Waals surface area contributed by atoms with Gasteiger partial charge in [0.05, 0.1) is 6.10 Å². The van der Waals surface area contributed by atoms with Crippen molar-refractivity contribution in [3.8, 4) is 0 Å². The van der Waals surface area contributed by atoms with E-state index >= 15 is 0 Å². The molecular weight excluding hydrogens is 436 g/mol. The van der Waals surface area contributed by atoms with Gasteiger partial charge in [0.25, 0.3) is 0 Å². The summed E-state index contributed by atoms with van der Waals surface area (Å²) in [6.45, 7) is 14.2. The van der Waals surface area contributed by atoms with Crippen LogP contribution in [0.15, 0.2) is 23.3 Å². The van der Waals surface area contributed by atoms with Crippen molar-refractivity contribution in [2.45, 2.75) is 105 Å². The molecule has 4 fully saturated rings. The highest BCUT2D eigenvalue weighted by molar-refractivity contribution is 6.01. The van der Waals surface area contributed by atoms with Crippen molar-refractivity contribution in [3.05, 3.63) is 23.3 Å². The first-order valence-electron chi connectivity index (χ1n) is 14.2. The number of carboxylic acid groups (broad SMARTS) is 1. The van der Waals surface area contributed by atoms with Crippen LogP contribution in [0.3, 0.4) is 0 Å². The predicted octanol–water partition coefficient (Wildman–Crippen LogP) is 6.58. The molecule has 2 N–H and O–H groups in total. The largest absolute Gasteiger partial charge is 0.478 e. The minimum Gasteiger partial charge on any atom is -0.478 e. The van der Waals surface area contributed by atoms with Gasteiger partial charge in [-0.1, -0.05) is 47.6 Å². The summed E-state index contributed by atoms with van der Waals surface area (Å²) in [4.78, 5) is 24.9. The van der Waals surface area contributed by atoms with Crippen LogP contribution in [0.5, 0.6) is 0 Å². The number of allylic oxidation sites excluding steroid dienone is 3. The Morgan fingerprint density at radius 2 is 1.71 bits per heavy atom. The zero-order valence-electron chi connectivity index (χ0n) is 22.7. The predicted molar refractivity (Wildman–Crippen MR) is 138 cm³/mol. The third-order valence-corrected chi connectivity index (χ3v) is 12.6. The highest BCUT2D eigenvalue weighted by Crippen LogP contribution is 2.75. The fourth-order valence-corrected chi connectivity index (χ4v) is 10.7. The van der Waals surface area contributed by atoms with Crippen LogP contribution in [0, 0.1) is 51.2 Å². The smallest absolute Gasteiger partial charge is 0.328 e. The van der Waals surface area contributed by atoms with E-state index in [-0.39, 0.29) is 34.1 Å². The van der Waals surface area contributed by atoms with Crippen LogP contribution in [0.1, 0.15) is 99.3 Å². The normalized spacial score (nSPS) is 49.6. The monoisotopic (exact) mass is 482 g/mol. The molecule has 5 aliphatic carbocycles. The third-order valence-electron chi connectivity index (χ3n) is 12.6. The molecule has 0 unspecified atom stereocenters. The molecule has 0 heterocycles. The molecular formula is C31H46O4. The summed E-state index contributed by atoms with van der Waals surface area (Å²) >= 11 is 0. The number of fused-ring (bicyclic) bond motifs is 7. The zero-order valence-corrected chi connectivity index (χ0v) is 22.7. The van der Waals surface area contributed by atoms with Gasteiger partial charge < -0.3 is 10.2 Å². The Morgan fingerprint density at radius 3 is 2.37 bits per heavy atom. The molecule has 0 amide bonds. The van der Waals surface area contributed by atoms with Crippen molar-refractivity contribution < 1.29 is 19.8 Å². The third kappa shape index (κ3) is 3.27. The van der Waals surface area contributed by atoms with Crippen LogP contribution in [0.2, 0.25) is 0 Å². The summed E-state index contributed by atoms with van der Waals surface area (Å²) < 4.78 is 0. The zero-order chi connectivity index (χ0) is 25.6. The van der Waals surface area contributed by atoms with Crippen LogP contribution < -0.4 is 0 Å². The maximum absolute atomic E-state index is 13.4. The molecule has 4 heteroatoms. The van der Waals surface area contributed by atoms with E-state index in [4.69, 9.17) is 0 Å². The van der Waals surface area contributed by atoms with E-state index in [9.17, 15) is 19.8 Å². The molecule has 35 heavy (non-hydrogen) atoms. The molecule has 4 saturated carbocycles. The first-order valence-corrected chi connectivity index (χ1v) is 14.2. The molecule has 0 aliphatic heterocycles. The van der Waals surface area contributed by atoms with Gasteiger partial charge in [0.1, 0.15) is 0 Å². The van der Waals surface area contributed by atoms with Gasteiger partial charge in [-0.15, -0.1) is 0 Å². The first kappa shape index (κ1) is 25.2. The molecule has 0 aromatic rings. The van der Waals surface area contributed by atoms with E-state index in [2.05, 4.69) is 41.5 Å². The maximum atomic E-state index is 13.4. The highest BCUT2D eigenvalue weighted by atomic mass is 16.4. The second-order valence-electron chi connectivity index (χ2n) is 14.0. The lowest BCUT2D eigenvalue weighted by molar-refractivity contribution is -0.209. The molecule has 0 spiro atoms. The number of carboxylic acids is 1. The number of Topliss-reactive ketones (excluding diaryl/α,β-unsaturated/α-hetero) is 1. The summed E-state index contributed by atoms with van der Waals surface area (Å²) in [6.07, 6.45) is 12.1. The van der Waals surface area contributed by atoms with Gasteiger partial charge in [0, 0.05) is 17.9 Å². The van der Waals surface area contributed by atoms with E-state index in [1.54, 1.807) is 0 Å². The molecule has 0 aromatic heterocycles. The van der Waals surface area contributed by atoms with E-state index < -0.39 is 11.4 Å². The number of hydrogen-bond acceptors (Lipinski definition) is 3. The van der Waals surface area contributed by atoms with Crippen LogP contribution in [0.25, 0.3) is 0 Å². The Hall–Kier alpha value is -1.42. The number of carbonyl (C=O) groups is 2. The van der Waals surface area contributed by atoms with E-state index in [0.717, 1.165) is 37.7 Å².